The minimum atomic E-state index is 0.0407. The molecule has 4 nitrogen and oxygen atoms in total. The third-order valence-electron chi connectivity index (χ3n) is 3.82. The van der Waals surface area contributed by atoms with Gasteiger partial charge in [-0.15, -0.1) is 0 Å². The van der Waals surface area contributed by atoms with Crippen LogP contribution in [0.25, 0.3) is 0 Å². The smallest absolute Gasteiger partial charge is 0.233 e. The zero-order valence-corrected chi connectivity index (χ0v) is 12.0. The molecule has 20 heavy (non-hydrogen) atoms. The van der Waals surface area contributed by atoms with E-state index in [1.54, 1.807) is 0 Å². The molecule has 1 heterocycles. The molecule has 0 saturated heterocycles. The lowest BCUT2D eigenvalue weighted by Gasteiger charge is -2.19. The first-order valence-corrected chi connectivity index (χ1v) is 6.72. The van der Waals surface area contributed by atoms with Crippen molar-refractivity contribution in [2.75, 3.05) is 0 Å². The molecule has 1 aliphatic heterocycles. The van der Waals surface area contributed by atoms with Crippen molar-refractivity contribution in [2.24, 2.45) is 15.9 Å². The monoisotopic (exact) mass is 270 g/mol. The number of amides is 1. The molecule has 0 radical (unpaired) electrons. The van der Waals surface area contributed by atoms with Crippen molar-refractivity contribution in [1.82, 2.24) is 0 Å². The average Bonchev–Trinajstić information content (AvgIpc) is 2.42. The highest BCUT2D eigenvalue weighted by Crippen LogP contribution is 2.28. The molecule has 1 atom stereocenters. The molecule has 0 spiro atoms. The zero-order chi connectivity index (χ0) is 14.7. The Hall–Kier alpha value is -2.10. The molecule has 1 amide bonds. The predicted octanol–water partition coefficient (Wildman–Crippen LogP) is 2.75. The van der Waals surface area contributed by atoms with E-state index < -0.39 is 0 Å². The minimum absolute atomic E-state index is 0.0407. The number of nitrogens with zero attached hydrogens (tertiary/aromatic N) is 2. The molecule has 1 unspecified atom stereocenters. The van der Waals surface area contributed by atoms with E-state index in [1.807, 2.05) is 19.9 Å². The molecule has 0 saturated carbocycles. The van der Waals surface area contributed by atoms with Crippen LogP contribution in [0.2, 0.25) is 0 Å². The largest absolute Gasteiger partial charge is 0.296 e. The zero-order valence-electron chi connectivity index (χ0n) is 12.0. The van der Waals surface area contributed by atoms with Crippen LogP contribution in [0, 0.1) is 19.8 Å². The third kappa shape index (κ3) is 2.74. The van der Waals surface area contributed by atoms with Gasteiger partial charge in [-0.05, 0) is 49.4 Å². The Labute approximate surface area is 118 Å². The Morgan fingerprint density at radius 2 is 1.95 bits per heavy atom. The van der Waals surface area contributed by atoms with Crippen LogP contribution in [-0.4, -0.2) is 24.1 Å². The summed E-state index contributed by atoms with van der Waals surface area (Å²) in [5.41, 5.74) is 5.06. The lowest BCUT2D eigenvalue weighted by Crippen LogP contribution is -2.25. The standard InChI is InChI=1S/C16H18N2O2/c1-10-4-5-13-6-11(2)12(3)7-14(13)18-15(8-19)16(10)17-9-20/h6-10H,4-5H2,1-3H3. The molecule has 0 bridgehead atoms. The van der Waals surface area contributed by atoms with Crippen LogP contribution in [0.1, 0.15) is 30.0 Å². The van der Waals surface area contributed by atoms with Crippen LogP contribution < -0.4 is 0 Å². The Balaban J connectivity index is 2.62. The summed E-state index contributed by atoms with van der Waals surface area (Å²) >= 11 is 0. The molecule has 0 aliphatic carbocycles. The predicted molar refractivity (Wildman–Crippen MR) is 80.1 cm³/mol. The Morgan fingerprint density at radius 1 is 1.25 bits per heavy atom. The van der Waals surface area contributed by atoms with E-state index in [4.69, 9.17) is 0 Å². The molecule has 2 rings (SSSR count). The number of carbonyl (C=O) groups is 2. The second-order valence-corrected chi connectivity index (χ2v) is 5.24. The number of rotatable bonds is 2. The first-order valence-electron chi connectivity index (χ1n) is 6.72. The Bertz CT molecular complexity index is 615. The van der Waals surface area contributed by atoms with Crippen LogP contribution in [0.3, 0.4) is 0 Å². The summed E-state index contributed by atoms with van der Waals surface area (Å²) in [5.74, 6) is 0.0407. The van der Waals surface area contributed by atoms with Gasteiger partial charge in [0.15, 0.2) is 6.29 Å². The van der Waals surface area contributed by atoms with Crippen molar-refractivity contribution in [3.63, 3.8) is 0 Å². The van der Waals surface area contributed by atoms with Crippen LogP contribution in [0.15, 0.2) is 22.1 Å². The number of fused-ring (bicyclic) bond motifs is 1. The molecule has 1 aromatic rings. The Morgan fingerprint density at radius 3 is 2.60 bits per heavy atom. The highest BCUT2D eigenvalue weighted by atomic mass is 16.1. The lowest BCUT2D eigenvalue weighted by molar-refractivity contribution is -0.106. The quantitative estimate of drug-likeness (QED) is 0.776. The highest BCUT2D eigenvalue weighted by molar-refractivity contribution is 6.63. The van der Waals surface area contributed by atoms with E-state index in [-0.39, 0.29) is 11.6 Å². The molecule has 0 aromatic heterocycles. The summed E-state index contributed by atoms with van der Waals surface area (Å²) in [7, 11) is 0. The van der Waals surface area contributed by atoms with Crippen molar-refractivity contribution < 1.29 is 9.59 Å². The molecule has 0 fully saturated rings. The lowest BCUT2D eigenvalue weighted by atomic mass is 9.90. The molecule has 0 N–H and O–H groups in total. The van der Waals surface area contributed by atoms with E-state index in [0.717, 1.165) is 29.7 Å². The van der Waals surface area contributed by atoms with Gasteiger partial charge in [-0.25, -0.2) is 9.98 Å². The van der Waals surface area contributed by atoms with Gasteiger partial charge in [0.05, 0.1) is 11.4 Å². The van der Waals surface area contributed by atoms with Crippen molar-refractivity contribution in [2.45, 2.75) is 33.6 Å². The highest BCUT2D eigenvalue weighted by Gasteiger charge is 2.21. The fraction of sp³-hybridized carbons (Fsp3) is 0.375. The number of carbonyl (C=O) groups excluding carboxylic acids is 2. The summed E-state index contributed by atoms with van der Waals surface area (Å²) < 4.78 is 0. The van der Waals surface area contributed by atoms with E-state index in [2.05, 4.69) is 23.0 Å². The molecular formula is C16H18N2O2. The number of aliphatic imine (C=N–C) groups is 2. The van der Waals surface area contributed by atoms with Gasteiger partial charge in [-0.2, -0.15) is 0 Å². The molecule has 4 heteroatoms. The maximum atomic E-state index is 11.3. The Kier molecular flexibility index (Phi) is 4.23. The van der Waals surface area contributed by atoms with E-state index >= 15 is 0 Å². The number of benzene rings is 1. The fourth-order valence-corrected chi connectivity index (χ4v) is 2.45. The van der Waals surface area contributed by atoms with Crippen LogP contribution in [0.5, 0.6) is 0 Å². The van der Waals surface area contributed by atoms with Gasteiger partial charge >= 0.3 is 0 Å². The minimum Gasteiger partial charge on any atom is -0.296 e. The first kappa shape index (κ1) is 14.3. The average molecular weight is 270 g/mol. The third-order valence-corrected chi connectivity index (χ3v) is 3.82. The second-order valence-electron chi connectivity index (χ2n) is 5.24. The summed E-state index contributed by atoms with van der Waals surface area (Å²) in [5, 5.41) is 0. The summed E-state index contributed by atoms with van der Waals surface area (Å²) in [6, 6.07) is 4.12. The van der Waals surface area contributed by atoms with Crippen molar-refractivity contribution in [1.29, 1.82) is 0 Å². The number of aryl methyl sites for hydroxylation is 3. The van der Waals surface area contributed by atoms with E-state index in [9.17, 15) is 9.59 Å². The topological polar surface area (TPSA) is 58.9 Å². The molecular weight excluding hydrogens is 252 g/mol. The van der Waals surface area contributed by atoms with Gasteiger partial charge < -0.3 is 0 Å². The van der Waals surface area contributed by atoms with Gasteiger partial charge in [0.1, 0.15) is 5.71 Å². The maximum absolute atomic E-state index is 11.3. The van der Waals surface area contributed by atoms with E-state index in [1.165, 1.54) is 5.56 Å². The summed E-state index contributed by atoms with van der Waals surface area (Å²) in [6.45, 7) is 6.06. The molecule has 1 aromatic carbocycles. The summed E-state index contributed by atoms with van der Waals surface area (Å²) in [4.78, 5) is 30.2. The number of hydrogen-bond donors (Lipinski definition) is 0. The fourth-order valence-electron chi connectivity index (χ4n) is 2.45. The van der Waals surface area contributed by atoms with Gasteiger partial charge in [0.2, 0.25) is 6.41 Å². The van der Waals surface area contributed by atoms with Gasteiger partial charge in [0, 0.05) is 5.92 Å². The number of hydrogen-bond acceptors (Lipinski definition) is 3. The SMILES string of the molecule is Cc1cc2c(cc1C)N=C(C=O)C(=NC=O)C(C)CC2. The van der Waals surface area contributed by atoms with Crippen LogP contribution in [-0.2, 0) is 16.0 Å². The van der Waals surface area contributed by atoms with Crippen molar-refractivity contribution >= 4 is 29.8 Å². The van der Waals surface area contributed by atoms with Crippen molar-refractivity contribution in [3.8, 4) is 0 Å². The number of aldehydes is 1. The molecule has 104 valence electrons. The molecule has 1 aliphatic rings. The first-order chi connectivity index (χ1) is 9.56. The van der Waals surface area contributed by atoms with Gasteiger partial charge in [-0.1, -0.05) is 13.0 Å². The second kappa shape index (κ2) is 5.90. The van der Waals surface area contributed by atoms with E-state index in [0.29, 0.717) is 18.4 Å². The van der Waals surface area contributed by atoms with Crippen molar-refractivity contribution in [3.05, 3.63) is 28.8 Å². The normalized spacial score (nSPS) is 20.6. The van der Waals surface area contributed by atoms with Gasteiger partial charge in [-0.3, -0.25) is 9.59 Å². The van der Waals surface area contributed by atoms with Crippen LogP contribution >= 0.6 is 0 Å². The summed E-state index contributed by atoms with van der Waals surface area (Å²) in [6.07, 6.45) is 2.87. The van der Waals surface area contributed by atoms with Crippen LogP contribution in [0.4, 0.5) is 5.69 Å². The maximum Gasteiger partial charge on any atom is 0.233 e. The van der Waals surface area contributed by atoms with Gasteiger partial charge in [0.25, 0.3) is 0 Å².